The molecule has 1 aromatic carbocycles. The van der Waals surface area contributed by atoms with Crippen LogP contribution in [-0.4, -0.2) is 12.6 Å². The third kappa shape index (κ3) is 6.48. The molecule has 0 heterocycles. The van der Waals surface area contributed by atoms with Crippen LogP contribution in [0.15, 0.2) is 30.3 Å². The highest BCUT2D eigenvalue weighted by atomic mass is 14.9. The van der Waals surface area contributed by atoms with E-state index >= 15 is 0 Å². The van der Waals surface area contributed by atoms with Gasteiger partial charge in [0, 0.05) is 6.04 Å². The van der Waals surface area contributed by atoms with E-state index in [-0.39, 0.29) is 0 Å². The van der Waals surface area contributed by atoms with Gasteiger partial charge in [-0.3, -0.25) is 0 Å². The summed E-state index contributed by atoms with van der Waals surface area (Å²) in [5, 5.41) is 3.61. The van der Waals surface area contributed by atoms with Gasteiger partial charge in [0.25, 0.3) is 0 Å². The van der Waals surface area contributed by atoms with Crippen LogP contribution in [0.4, 0.5) is 0 Å². The molecule has 0 saturated carbocycles. The summed E-state index contributed by atoms with van der Waals surface area (Å²) in [6.07, 6.45) is 3.65. The minimum Gasteiger partial charge on any atom is -0.314 e. The molecule has 17 heavy (non-hydrogen) atoms. The number of hydrogen-bond donors (Lipinski definition) is 1. The first-order chi connectivity index (χ1) is 8.01. The average molecular weight is 233 g/mol. The summed E-state index contributed by atoms with van der Waals surface area (Å²) in [6, 6.07) is 11.4. The van der Waals surface area contributed by atoms with Gasteiger partial charge in [-0.2, -0.15) is 0 Å². The molecule has 1 heteroatoms. The Balaban J connectivity index is 2.44. The van der Waals surface area contributed by atoms with E-state index in [1.54, 1.807) is 0 Å². The molecule has 1 nitrogen and oxygen atoms in total. The molecule has 0 radical (unpaired) electrons. The van der Waals surface area contributed by atoms with Gasteiger partial charge >= 0.3 is 0 Å². The summed E-state index contributed by atoms with van der Waals surface area (Å²) in [5.74, 6) is 0. The van der Waals surface area contributed by atoms with Gasteiger partial charge in [-0.25, -0.2) is 0 Å². The molecular weight excluding hydrogens is 206 g/mol. The van der Waals surface area contributed by atoms with Gasteiger partial charge in [0.2, 0.25) is 0 Å². The van der Waals surface area contributed by atoms with Crippen molar-refractivity contribution in [2.75, 3.05) is 6.54 Å². The van der Waals surface area contributed by atoms with Gasteiger partial charge in [0.1, 0.15) is 0 Å². The highest BCUT2D eigenvalue weighted by Gasteiger charge is 2.17. The molecule has 0 aliphatic carbocycles. The maximum Gasteiger partial charge on any atom is 0.00750 e. The molecule has 0 saturated heterocycles. The standard InChI is InChI=1S/C16H27N/c1-5-17-15(13-16(2,3)4)12-11-14-9-7-6-8-10-14/h6-10,15,17H,5,11-13H2,1-4H3. The van der Waals surface area contributed by atoms with Gasteiger partial charge in [-0.1, -0.05) is 58.0 Å². The molecule has 0 aliphatic rings. The summed E-state index contributed by atoms with van der Waals surface area (Å²) in [6.45, 7) is 10.2. The fourth-order valence-corrected chi connectivity index (χ4v) is 2.29. The van der Waals surface area contributed by atoms with Crippen molar-refractivity contribution in [3.63, 3.8) is 0 Å². The van der Waals surface area contributed by atoms with E-state index in [9.17, 15) is 0 Å². The van der Waals surface area contributed by atoms with Crippen LogP contribution < -0.4 is 5.32 Å². The maximum atomic E-state index is 3.61. The normalized spacial score (nSPS) is 13.6. The van der Waals surface area contributed by atoms with E-state index < -0.39 is 0 Å². The quantitative estimate of drug-likeness (QED) is 0.782. The number of nitrogens with one attached hydrogen (secondary N) is 1. The Bertz CT molecular complexity index is 297. The first-order valence-corrected chi connectivity index (χ1v) is 6.78. The van der Waals surface area contributed by atoms with Crippen LogP contribution in [0.3, 0.4) is 0 Å². The van der Waals surface area contributed by atoms with E-state index in [2.05, 4.69) is 63.3 Å². The van der Waals surface area contributed by atoms with Crippen molar-refractivity contribution >= 4 is 0 Å². The third-order valence-electron chi connectivity index (χ3n) is 2.98. The van der Waals surface area contributed by atoms with Gasteiger partial charge in [0.05, 0.1) is 0 Å². The van der Waals surface area contributed by atoms with Crippen LogP contribution in [0.2, 0.25) is 0 Å². The largest absolute Gasteiger partial charge is 0.314 e. The van der Waals surface area contributed by atoms with Crippen molar-refractivity contribution in [2.24, 2.45) is 5.41 Å². The number of hydrogen-bond acceptors (Lipinski definition) is 1. The zero-order chi connectivity index (χ0) is 12.7. The minimum absolute atomic E-state index is 0.406. The summed E-state index contributed by atoms with van der Waals surface area (Å²) >= 11 is 0. The molecule has 1 unspecified atom stereocenters. The fourth-order valence-electron chi connectivity index (χ4n) is 2.29. The second kappa shape index (κ2) is 6.80. The predicted molar refractivity (Wildman–Crippen MR) is 76.3 cm³/mol. The number of rotatable bonds is 6. The molecule has 1 rings (SSSR count). The number of aryl methyl sites for hydroxylation is 1. The SMILES string of the molecule is CCNC(CCc1ccccc1)CC(C)(C)C. The minimum atomic E-state index is 0.406. The molecule has 1 N–H and O–H groups in total. The van der Waals surface area contributed by atoms with Crippen molar-refractivity contribution in [3.8, 4) is 0 Å². The van der Waals surface area contributed by atoms with E-state index in [0.29, 0.717) is 11.5 Å². The topological polar surface area (TPSA) is 12.0 Å². The highest BCUT2D eigenvalue weighted by Crippen LogP contribution is 2.22. The van der Waals surface area contributed by atoms with E-state index in [1.165, 1.54) is 24.8 Å². The second-order valence-corrected chi connectivity index (χ2v) is 6.04. The lowest BCUT2D eigenvalue weighted by atomic mass is 9.86. The summed E-state index contributed by atoms with van der Waals surface area (Å²) in [7, 11) is 0. The third-order valence-corrected chi connectivity index (χ3v) is 2.98. The zero-order valence-electron chi connectivity index (χ0n) is 11.8. The first kappa shape index (κ1) is 14.2. The van der Waals surface area contributed by atoms with Crippen LogP contribution in [0, 0.1) is 5.41 Å². The Morgan fingerprint density at radius 3 is 2.29 bits per heavy atom. The maximum absolute atomic E-state index is 3.61. The highest BCUT2D eigenvalue weighted by molar-refractivity contribution is 5.14. The van der Waals surface area contributed by atoms with Gasteiger partial charge in [-0.15, -0.1) is 0 Å². The monoisotopic (exact) mass is 233 g/mol. The molecule has 0 aromatic heterocycles. The first-order valence-electron chi connectivity index (χ1n) is 6.78. The molecule has 0 bridgehead atoms. The van der Waals surface area contributed by atoms with Gasteiger partial charge in [-0.05, 0) is 36.8 Å². The smallest absolute Gasteiger partial charge is 0.00750 e. The molecule has 0 spiro atoms. The van der Waals surface area contributed by atoms with Crippen molar-refractivity contribution in [2.45, 2.75) is 53.0 Å². The Morgan fingerprint density at radius 2 is 1.76 bits per heavy atom. The Labute approximate surface area is 107 Å². The molecule has 96 valence electrons. The summed E-state index contributed by atoms with van der Waals surface area (Å²) < 4.78 is 0. The Hall–Kier alpha value is -0.820. The summed E-state index contributed by atoms with van der Waals surface area (Å²) in [4.78, 5) is 0. The van der Waals surface area contributed by atoms with Crippen molar-refractivity contribution < 1.29 is 0 Å². The van der Waals surface area contributed by atoms with Crippen molar-refractivity contribution in [1.82, 2.24) is 5.32 Å². The molecule has 1 aromatic rings. The van der Waals surface area contributed by atoms with Crippen molar-refractivity contribution in [1.29, 1.82) is 0 Å². The Morgan fingerprint density at radius 1 is 1.12 bits per heavy atom. The Kier molecular flexibility index (Phi) is 5.70. The summed E-state index contributed by atoms with van der Waals surface area (Å²) in [5.41, 5.74) is 1.85. The van der Waals surface area contributed by atoms with E-state index in [1.807, 2.05) is 0 Å². The van der Waals surface area contributed by atoms with Crippen LogP contribution in [0.1, 0.15) is 46.1 Å². The molecule has 0 amide bonds. The zero-order valence-corrected chi connectivity index (χ0v) is 11.8. The molecule has 0 fully saturated rings. The lowest BCUT2D eigenvalue weighted by Crippen LogP contribution is -2.33. The van der Waals surface area contributed by atoms with Crippen LogP contribution in [-0.2, 0) is 6.42 Å². The van der Waals surface area contributed by atoms with Gasteiger partial charge in [0.15, 0.2) is 0 Å². The molecule has 0 aliphatic heterocycles. The molecule has 1 atom stereocenters. The van der Waals surface area contributed by atoms with E-state index in [0.717, 1.165) is 6.54 Å². The fraction of sp³-hybridized carbons (Fsp3) is 0.625. The lowest BCUT2D eigenvalue weighted by molar-refractivity contribution is 0.301. The predicted octanol–water partition coefficient (Wildman–Crippen LogP) is 4.03. The molecular formula is C16H27N. The van der Waals surface area contributed by atoms with Crippen LogP contribution in [0.25, 0.3) is 0 Å². The van der Waals surface area contributed by atoms with Crippen LogP contribution >= 0.6 is 0 Å². The van der Waals surface area contributed by atoms with Crippen LogP contribution in [0.5, 0.6) is 0 Å². The van der Waals surface area contributed by atoms with Crippen molar-refractivity contribution in [3.05, 3.63) is 35.9 Å². The van der Waals surface area contributed by atoms with Gasteiger partial charge < -0.3 is 5.32 Å². The lowest BCUT2D eigenvalue weighted by Gasteiger charge is -2.26. The van der Waals surface area contributed by atoms with E-state index in [4.69, 9.17) is 0 Å². The second-order valence-electron chi connectivity index (χ2n) is 6.04. The number of benzene rings is 1. The average Bonchev–Trinajstić information content (AvgIpc) is 2.26.